The van der Waals surface area contributed by atoms with Gasteiger partial charge in [-0.2, -0.15) is 0 Å². The van der Waals surface area contributed by atoms with Crippen molar-refractivity contribution >= 4 is 6.03 Å². The fourth-order valence-corrected chi connectivity index (χ4v) is 3.54. The molecule has 0 aromatic rings. The third-order valence-electron chi connectivity index (χ3n) is 4.48. The van der Waals surface area contributed by atoms with Crippen molar-refractivity contribution in [3.8, 4) is 0 Å². The van der Waals surface area contributed by atoms with E-state index in [9.17, 15) is 4.79 Å². The Labute approximate surface area is 103 Å². The van der Waals surface area contributed by atoms with Gasteiger partial charge in [-0.05, 0) is 32.1 Å². The number of rotatable bonds is 1. The third kappa shape index (κ3) is 2.20. The minimum atomic E-state index is 0.189. The quantitative estimate of drug-likeness (QED) is 0.695. The van der Waals surface area contributed by atoms with Gasteiger partial charge in [0.25, 0.3) is 0 Å². The van der Waals surface area contributed by atoms with Crippen molar-refractivity contribution in [2.45, 2.75) is 69.5 Å². The van der Waals surface area contributed by atoms with E-state index in [0.29, 0.717) is 18.1 Å². The summed E-state index contributed by atoms with van der Waals surface area (Å²) >= 11 is 0. The van der Waals surface area contributed by atoms with Gasteiger partial charge in [0.05, 0.1) is 6.04 Å². The first-order chi connectivity index (χ1) is 8.34. The Bertz CT molecular complexity index is 320. The van der Waals surface area contributed by atoms with Crippen molar-refractivity contribution in [3.05, 3.63) is 12.2 Å². The van der Waals surface area contributed by atoms with E-state index in [1.165, 1.54) is 38.5 Å². The summed E-state index contributed by atoms with van der Waals surface area (Å²) in [6.45, 7) is 0. The number of fused-ring (bicyclic) bond motifs is 2. The molecule has 1 saturated heterocycles. The lowest BCUT2D eigenvalue weighted by molar-refractivity contribution is 0.171. The Hall–Kier alpha value is -0.990. The van der Waals surface area contributed by atoms with E-state index >= 15 is 0 Å². The van der Waals surface area contributed by atoms with Crippen LogP contribution in [0.1, 0.15) is 51.4 Å². The second kappa shape index (κ2) is 4.71. The van der Waals surface area contributed by atoms with Gasteiger partial charge in [0, 0.05) is 12.1 Å². The number of carbonyl (C=O) groups is 1. The van der Waals surface area contributed by atoms with E-state index < -0.39 is 0 Å². The molecule has 2 bridgehead atoms. The van der Waals surface area contributed by atoms with Gasteiger partial charge in [-0.25, -0.2) is 4.79 Å². The van der Waals surface area contributed by atoms with E-state index in [-0.39, 0.29) is 6.03 Å². The molecule has 2 fully saturated rings. The Balaban J connectivity index is 1.60. The van der Waals surface area contributed by atoms with E-state index in [4.69, 9.17) is 0 Å². The average Bonchev–Trinajstić information content (AvgIpc) is 2.61. The zero-order valence-electron chi connectivity index (χ0n) is 10.4. The molecule has 0 aromatic carbocycles. The monoisotopic (exact) mass is 234 g/mol. The van der Waals surface area contributed by atoms with Crippen LogP contribution in [0.25, 0.3) is 0 Å². The molecule has 2 unspecified atom stereocenters. The molecule has 2 heterocycles. The number of nitrogens with one attached hydrogen (secondary N) is 1. The molecule has 0 radical (unpaired) electrons. The lowest BCUT2D eigenvalue weighted by atomic mass is 9.95. The summed E-state index contributed by atoms with van der Waals surface area (Å²) in [4.78, 5) is 14.4. The largest absolute Gasteiger partial charge is 0.335 e. The standard InChI is InChI=1S/C14H22N2O/c17-14(15-11-5-2-1-3-6-11)16-12-7-4-8-13(16)10-9-12/h4,7,11-13H,1-3,5-6,8-10H2,(H,15,17). The molecule has 1 aliphatic carbocycles. The second-order valence-corrected chi connectivity index (χ2v) is 5.65. The van der Waals surface area contributed by atoms with Crippen LogP contribution in [-0.4, -0.2) is 29.1 Å². The van der Waals surface area contributed by atoms with Gasteiger partial charge in [0.15, 0.2) is 0 Å². The predicted molar refractivity (Wildman–Crippen MR) is 67.8 cm³/mol. The fraction of sp³-hybridized carbons (Fsp3) is 0.786. The summed E-state index contributed by atoms with van der Waals surface area (Å²) < 4.78 is 0. The van der Waals surface area contributed by atoms with Crippen LogP contribution in [0.4, 0.5) is 4.79 Å². The zero-order valence-corrected chi connectivity index (χ0v) is 10.4. The first-order valence-corrected chi connectivity index (χ1v) is 7.10. The van der Waals surface area contributed by atoms with Crippen LogP contribution in [0.5, 0.6) is 0 Å². The summed E-state index contributed by atoms with van der Waals surface area (Å²) in [6.07, 6.45) is 14.1. The topological polar surface area (TPSA) is 32.3 Å². The van der Waals surface area contributed by atoms with Crippen LogP contribution in [0, 0.1) is 0 Å². The summed E-state index contributed by atoms with van der Waals surface area (Å²) in [6, 6.07) is 1.46. The molecule has 3 nitrogen and oxygen atoms in total. The highest BCUT2D eigenvalue weighted by molar-refractivity contribution is 5.76. The van der Waals surface area contributed by atoms with Crippen molar-refractivity contribution < 1.29 is 4.79 Å². The normalized spacial score (nSPS) is 32.8. The highest BCUT2D eigenvalue weighted by Gasteiger charge is 2.37. The SMILES string of the molecule is O=C(NC1CCCCC1)N1C2C=CCC1CC2. The summed E-state index contributed by atoms with van der Waals surface area (Å²) in [5.74, 6) is 0. The first-order valence-electron chi connectivity index (χ1n) is 7.10. The van der Waals surface area contributed by atoms with Crippen LogP contribution in [0.15, 0.2) is 12.2 Å². The molecule has 2 aliphatic heterocycles. The maximum Gasteiger partial charge on any atom is 0.318 e. The molecule has 1 saturated carbocycles. The Morgan fingerprint density at radius 2 is 1.94 bits per heavy atom. The van der Waals surface area contributed by atoms with Gasteiger partial charge in [-0.1, -0.05) is 31.4 Å². The van der Waals surface area contributed by atoms with Crippen LogP contribution >= 0.6 is 0 Å². The average molecular weight is 234 g/mol. The van der Waals surface area contributed by atoms with Crippen LogP contribution in [0.2, 0.25) is 0 Å². The smallest absolute Gasteiger partial charge is 0.318 e. The third-order valence-corrected chi connectivity index (χ3v) is 4.48. The van der Waals surface area contributed by atoms with Gasteiger partial charge in [-0.15, -0.1) is 0 Å². The van der Waals surface area contributed by atoms with Crippen molar-refractivity contribution in [2.24, 2.45) is 0 Å². The maximum atomic E-state index is 12.3. The van der Waals surface area contributed by atoms with Gasteiger partial charge in [0.2, 0.25) is 0 Å². The Morgan fingerprint density at radius 1 is 1.12 bits per heavy atom. The number of amides is 2. The lowest BCUT2D eigenvalue weighted by Crippen LogP contribution is -2.50. The molecule has 17 heavy (non-hydrogen) atoms. The van der Waals surface area contributed by atoms with E-state index in [1.807, 2.05) is 0 Å². The second-order valence-electron chi connectivity index (χ2n) is 5.65. The Kier molecular flexibility index (Phi) is 3.08. The highest BCUT2D eigenvalue weighted by Crippen LogP contribution is 2.31. The molecule has 3 aliphatic rings. The molecule has 2 amide bonds. The van der Waals surface area contributed by atoms with Crippen LogP contribution in [-0.2, 0) is 0 Å². The van der Waals surface area contributed by atoms with E-state index in [1.54, 1.807) is 0 Å². The fourth-order valence-electron chi connectivity index (χ4n) is 3.54. The molecule has 0 aromatic heterocycles. The summed E-state index contributed by atoms with van der Waals surface area (Å²) in [5, 5.41) is 3.24. The number of hydrogen-bond donors (Lipinski definition) is 1. The van der Waals surface area contributed by atoms with Crippen LogP contribution in [0.3, 0.4) is 0 Å². The van der Waals surface area contributed by atoms with Gasteiger partial charge < -0.3 is 10.2 Å². The lowest BCUT2D eigenvalue weighted by Gasteiger charge is -2.34. The predicted octanol–water partition coefficient (Wildman–Crippen LogP) is 2.82. The summed E-state index contributed by atoms with van der Waals surface area (Å²) in [7, 11) is 0. The number of urea groups is 1. The minimum absolute atomic E-state index is 0.189. The molecular formula is C14H22N2O. The van der Waals surface area contributed by atoms with Crippen molar-refractivity contribution in [1.29, 1.82) is 0 Å². The first kappa shape index (κ1) is 11.1. The molecular weight excluding hydrogens is 212 g/mol. The minimum Gasteiger partial charge on any atom is -0.335 e. The summed E-state index contributed by atoms with van der Waals surface area (Å²) in [5.41, 5.74) is 0. The molecule has 1 N–H and O–H groups in total. The highest BCUT2D eigenvalue weighted by atomic mass is 16.2. The van der Waals surface area contributed by atoms with Crippen molar-refractivity contribution in [2.75, 3.05) is 0 Å². The van der Waals surface area contributed by atoms with Crippen molar-refractivity contribution in [3.63, 3.8) is 0 Å². The maximum absolute atomic E-state index is 12.3. The van der Waals surface area contributed by atoms with Gasteiger partial charge >= 0.3 is 6.03 Å². The molecule has 94 valence electrons. The Morgan fingerprint density at radius 3 is 2.71 bits per heavy atom. The molecule has 2 atom stereocenters. The van der Waals surface area contributed by atoms with Crippen molar-refractivity contribution in [1.82, 2.24) is 10.2 Å². The van der Waals surface area contributed by atoms with E-state index in [2.05, 4.69) is 22.4 Å². The van der Waals surface area contributed by atoms with E-state index in [0.717, 1.165) is 12.8 Å². The molecule has 3 rings (SSSR count). The molecule has 3 heteroatoms. The van der Waals surface area contributed by atoms with Gasteiger partial charge in [-0.3, -0.25) is 0 Å². The molecule has 0 spiro atoms. The number of hydrogen-bond acceptors (Lipinski definition) is 1. The van der Waals surface area contributed by atoms with Crippen LogP contribution < -0.4 is 5.32 Å². The number of nitrogens with zero attached hydrogens (tertiary/aromatic N) is 1. The van der Waals surface area contributed by atoms with Gasteiger partial charge in [0.1, 0.15) is 0 Å². The number of carbonyl (C=O) groups excluding carboxylic acids is 1. The zero-order chi connectivity index (χ0) is 11.7.